The van der Waals surface area contributed by atoms with Crippen molar-refractivity contribution in [3.05, 3.63) is 21.1 Å². The van der Waals surface area contributed by atoms with E-state index < -0.39 is 0 Å². The van der Waals surface area contributed by atoms with Gasteiger partial charge < -0.3 is 14.8 Å². The van der Waals surface area contributed by atoms with Crippen molar-refractivity contribution in [1.82, 2.24) is 0 Å². The van der Waals surface area contributed by atoms with Crippen LogP contribution < -0.4 is 10.1 Å². The fraction of sp³-hybridized carbons (Fsp3) is 0.538. The molecule has 2 rings (SSSR count). The maximum absolute atomic E-state index is 5.36. The van der Waals surface area contributed by atoms with Crippen molar-refractivity contribution >= 4 is 37.5 Å². The fourth-order valence-corrected chi connectivity index (χ4v) is 3.32. The number of nitrogens with one attached hydrogen (secondary N) is 1. The van der Waals surface area contributed by atoms with Crippen molar-refractivity contribution in [1.29, 1.82) is 0 Å². The molecule has 1 aliphatic heterocycles. The molecule has 1 N–H and O–H groups in total. The summed E-state index contributed by atoms with van der Waals surface area (Å²) in [6, 6.07) is 4.01. The lowest BCUT2D eigenvalue weighted by Crippen LogP contribution is -2.22. The van der Waals surface area contributed by atoms with Crippen molar-refractivity contribution in [3.63, 3.8) is 0 Å². The van der Waals surface area contributed by atoms with Crippen molar-refractivity contribution in [2.24, 2.45) is 5.92 Å². The highest BCUT2D eigenvalue weighted by atomic mass is 79.9. The van der Waals surface area contributed by atoms with Crippen LogP contribution >= 0.6 is 31.9 Å². The predicted octanol–water partition coefficient (Wildman–Crippen LogP) is 4.06. The van der Waals surface area contributed by atoms with E-state index in [-0.39, 0.29) is 0 Å². The Morgan fingerprint density at radius 1 is 1.28 bits per heavy atom. The first kappa shape index (κ1) is 14.2. The molecule has 0 aromatic heterocycles. The molecule has 0 spiro atoms. The van der Waals surface area contributed by atoms with E-state index in [2.05, 4.69) is 37.2 Å². The summed E-state index contributed by atoms with van der Waals surface area (Å²) in [5, 5.41) is 3.48. The normalized spacial score (nSPS) is 16.6. The Balaban J connectivity index is 1.99. The van der Waals surface area contributed by atoms with Gasteiger partial charge >= 0.3 is 0 Å². The van der Waals surface area contributed by atoms with Gasteiger partial charge in [-0.3, -0.25) is 0 Å². The number of hydrogen-bond acceptors (Lipinski definition) is 3. The Morgan fingerprint density at radius 2 is 2.00 bits per heavy atom. The summed E-state index contributed by atoms with van der Waals surface area (Å²) in [4.78, 5) is 0. The van der Waals surface area contributed by atoms with Gasteiger partial charge in [0.05, 0.1) is 17.3 Å². The van der Waals surface area contributed by atoms with Crippen molar-refractivity contribution in [2.45, 2.75) is 12.8 Å². The number of rotatable bonds is 4. The number of hydrogen-bond donors (Lipinski definition) is 1. The Labute approximate surface area is 124 Å². The lowest BCUT2D eigenvalue weighted by atomic mass is 10.0. The van der Waals surface area contributed by atoms with E-state index >= 15 is 0 Å². The van der Waals surface area contributed by atoms with Gasteiger partial charge in [0.1, 0.15) is 5.75 Å². The van der Waals surface area contributed by atoms with Crippen LogP contribution in [0.4, 0.5) is 5.69 Å². The molecule has 1 aromatic rings. The van der Waals surface area contributed by atoms with Crippen molar-refractivity contribution < 1.29 is 9.47 Å². The smallest absolute Gasteiger partial charge is 0.135 e. The molecule has 0 amide bonds. The van der Waals surface area contributed by atoms with Crippen LogP contribution in [0.15, 0.2) is 21.1 Å². The van der Waals surface area contributed by atoms with Gasteiger partial charge in [0, 0.05) is 30.3 Å². The van der Waals surface area contributed by atoms with Crippen LogP contribution in [0.25, 0.3) is 0 Å². The number of methoxy groups -OCH3 is 1. The third-order valence-electron chi connectivity index (χ3n) is 3.16. The molecule has 100 valence electrons. The highest BCUT2D eigenvalue weighted by molar-refractivity contribution is 9.11. The Morgan fingerprint density at radius 3 is 2.67 bits per heavy atom. The molecule has 0 bridgehead atoms. The van der Waals surface area contributed by atoms with Crippen LogP contribution in [0.3, 0.4) is 0 Å². The number of ether oxygens (including phenoxy) is 2. The van der Waals surface area contributed by atoms with Gasteiger partial charge in [0.15, 0.2) is 0 Å². The zero-order valence-electron chi connectivity index (χ0n) is 10.3. The highest BCUT2D eigenvalue weighted by Crippen LogP contribution is 2.34. The number of halogens is 2. The van der Waals surface area contributed by atoms with Crippen LogP contribution in [-0.2, 0) is 4.74 Å². The molecule has 18 heavy (non-hydrogen) atoms. The predicted molar refractivity (Wildman–Crippen MR) is 80.4 cm³/mol. The maximum Gasteiger partial charge on any atom is 0.135 e. The largest absolute Gasteiger partial charge is 0.495 e. The maximum atomic E-state index is 5.36. The van der Waals surface area contributed by atoms with E-state index in [0.29, 0.717) is 5.92 Å². The lowest BCUT2D eigenvalue weighted by Gasteiger charge is -2.23. The molecule has 1 heterocycles. The molecule has 0 atom stereocenters. The van der Waals surface area contributed by atoms with Crippen LogP contribution in [0.5, 0.6) is 5.75 Å². The minimum absolute atomic E-state index is 0.695. The lowest BCUT2D eigenvalue weighted by molar-refractivity contribution is 0.0699. The van der Waals surface area contributed by atoms with E-state index in [4.69, 9.17) is 9.47 Å². The molecule has 3 nitrogen and oxygen atoms in total. The van der Waals surface area contributed by atoms with Gasteiger partial charge in [0.2, 0.25) is 0 Å². The monoisotopic (exact) mass is 377 g/mol. The summed E-state index contributed by atoms with van der Waals surface area (Å²) in [5.74, 6) is 1.54. The van der Waals surface area contributed by atoms with Gasteiger partial charge in [-0.15, -0.1) is 0 Å². The Hall–Kier alpha value is -0.260. The third-order valence-corrected chi connectivity index (χ3v) is 4.44. The van der Waals surface area contributed by atoms with Gasteiger partial charge in [-0.25, -0.2) is 0 Å². The molecule has 1 fully saturated rings. The molecule has 0 aliphatic carbocycles. The molecule has 0 radical (unpaired) electrons. The molecule has 0 saturated carbocycles. The third kappa shape index (κ3) is 3.62. The molecule has 1 aliphatic rings. The van der Waals surface area contributed by atoms with E-state index in [1.165, 1.54) is 0 Å². The number of benzene rings is 1. The van der Waals surface area contributed by atoms with E-state index in [0.717, 1.165) is 53.0 Å². The molecule has 5 heteroatoms. The van der Waals surface area contributed by atoms with Gasteiger partial charge in [0.25, 0.3) is 0 Å². The summed E-state index contributed by atoms with van der Waals surface area (Å²) in [6.07, 6.45) is 2.27. The quantitative estimate of drug-likeness (QED) is 0.856. The number of anilines is 1. The summed E-state index contributed by atoms with van der Waals surface area (Å²) < 4.78 is 12.7. The first-order valence-electron chi connectivity index (χ1n) is 6.05. The fourth-order valence-electron chi connectivity index (χ4n) is 2.03. The topological polar surface area (TPSA) is 30.5 Å². The minimum Gasteiger partial charge on any atom is -0.495 e. The average molecular weight is 379 g/mol. The molecule has 1 saturated heterocycles. The average Bonchev–Trinajstić information content (AvgIpc) is 2.39. The molecule has 0 unspecified atom stereocenters. The summed E-state index contributed by atoms with van der Waals surface area (Å²) in [7, 11) is 1.68. The zero-order valence-corrected chi connectivity index (χ0v) is 13.5. The highest BCUT2D eigenvalue weighted by Gasteiger charge is 2.14. The molecular weight excluding hydrogens is 362 g/mol. The second kappa shape index (κ2) is 6.78. The van der Waals surface area contributed by atoms with Gasteiger partial charge in [-0.1, -0.05) is 0 Å². The standard InChI is InChI=1S/C13H17Br2NO2/c1-17-13-7-12(10(14)6-11(13)15)16-8-9-2-4-18-5-3-9/h6-7,9,16H,2-5,8H2,1H3. The van der Waals surface area contributed by atoms with Crippen LogP contribution in [0.1, 0.15) is 12.8 Å². The summed E-state index contributed by atoms with van der Waals surface area (Å²) in [6.45, 7) is 2.75. The summed E-state index contributed by atoms with van der Waals surface area (Å²) in [5.41, 5.74) is 1.07. The van der Waals surface area contributed by atoms with Gasteiger partial charge in [-0.05, 0) is 56.7 Å². The SMILES string of the molecule is COc1cc(NCC2CCOCC2)c(Br)cc1Br. The first-order chi connectivity index (χ1) is 8.70. The minimum atomic E-state index is 0.695. The summed E-state index contributed by atoms with van der Waals surface area (Å²) >= 11 is 7.03. The van der Waals surface area contributed by atoms with E-state index in [1.807, 2.05) is 12.1 Å². The van der Waals surface area contributed by atoms with Crippen LogP contribution in [-0.4, -0.2) is 26.9 Å². The Bertz CT molecular complexity index is 406. The van der Waals surface area contributed by atoms with E-state index in [1.54, 1.807) is 7.11 Å². The second-order valence-electron chi connectivity index (χ2n) is 4.40. The van der Waals surface area contributed by atoms with Crippen LogP contribution in [0, 0.1) is 5.92 Å². The van der Waals surface area contributed by atoms with Gasteiger partial charge in [-0.2, -0.15) is 0 Å². The second-order valence-corrected chi connectivity index (χ2v) is 6.11. The zero-order chi connectivity index (χ0) is 13.0. The van der Waals surface area contributed by atoms with E-state index in [9.17, 15) is 0 Å². The van der Waals surface area contributed by atoms with Crippen LogP contribution in [0.2, 0.25) is 0 Å². The van der Waals surface area contributed by atoms with Crippen molar-refractivity contribution in [2.75, 3.05) is 32.2 Å². The Kier molecular flexibility index (Phi) is 5.33. The van der Waals surface area contributed by atoms with Crippen molar-refractivity contribution in [3.8, 4) is 5.75 Å². The first-order valence-corrected chi connectivity index (χ1v) is 7.64. The molecule has 1 aromatic carbocycles. The molecular formula is C13H17Br2NO2.